The summed E-state index contributed by atoms with van der Waals surface area (Å²) in [5, 5.41) is 0. The molecule has 0 rings (SSSR count). The summed E-state index contributed by atoms with van der Waals surface area (Å²) < 4.78 is 40.4. The summed E-state index contributed by atoms with van der Waals surface area (Å²) in [5.41, 5.74) is 0. The smallest absolute Gasteiger partial charge is 0.397 e. The van der Waals surface area contributed by atoms with Crippen molar-refractivity contribution in [3.63, 3.8) is 0 Å². The molecule has 0 aromatic heterocycles. The fourth-order valence-electron chi connectivity index (χ4n) is 3.02. The van der Waals surface area contributed by atoms with Gasteiger partial charge in [0.05, 0.1) is 13.2 Å². The lowest BCUT2D eigenvalue weighted by Gasteiger charge is -2.15. The third kappa shape index (κ3) is 18.1. The molecule has 1 unspecified atom stereocenters. The first-order valence-corrected chi connectivity index (χ1v) is 11.5. The van der Waals surface area contributed by atoms with Crippen LogP contribution in [0.2, 0.25) is 0 Å². The molecular formula is C19H38O6S. The number of carbonyl (C=O) groups excluding carboxylic acids is 1. The highest BCUT2D eigenvalue weighted by molar-refractivity contribution is 7.80. The average molecular weight is 395 g/mol. The van der Waals surface area contributed by atoms with Gasteiger partial charge in [0.25, 0.3) is 0 Å². The zero-order chi connectivity index (χ0) is 19.7. The van der Waals surface area contributed by atoms with E-state index in [0.29, 0.717) is 19.3 Å². The van der Waals surface area contributed by atoms with Gasteiger partial charge in [0.15, 0.2) is 0 Å². The molecule has 0 amide bonds. The molecular weight excluding hydrogens is 356 g/mol. The van der Waals surface area contributed by atoms with E-state index in [1.54, 1.807) is 0 Å². The molecule has 156 valence electrons. The Labute approximate surface area is 160 Å². The Morgan fingerprint density at radius 3 is 1.77 bits per heavy atom. The van der Waals surface area contributed by atoms with Crippen LogP contribution in [-0.2, 0) is 24.1 Å². The summed E-state index contributed by atoms with van der Waals surface area (Å²) in [4.78, 5) is 11.0. The molecule has 0 heterocycles. The average Bonchev–Trinajstić information content (AvgIpc) is 2.58. The Balaban J connectivity index is 3.81. The molecule has 6 nitrogen and oxygen atoms in total. The number of methoxy groups -OCH3 is 1. The van der Waals surface area contributed by atoms with E-state index in [0.717, 1.165) is 57.8 Å². The van der Waals surface area contributed by atoms with Gasteiger partial charge >= 0.3 is 16.4 Å². The van der Waals surface area contributed by atoms with Crippen molar-refractivity contribution in [1.82, 2.24) is 0 Å². The number of hydrogen-bond donors (Lipinski definition) is 1. The van der Waals surface area contributed by atoms with Crippen LogP contribution in [-0.4, -0.2) is 32.2 Å². The van der Waals surface area contributed by atoms with Gasteiger partial charge in [-0.15, -0.1) is 0 Å². The van der Waals surface area contributed by atoms with Crippen LogP contribution in [0, 0.1) is 0 Å². The normalized spacial score (nSPS) is 12.9. The van der Waals surface area contributed by atoms with Crippen molar-refractivity contribution in [3.8, 4) is 0 Å². The summed E-state index contributed by atoms with van der Waals surface area (Å²) in [7, 11) is -2.98. The van der Waals surface area contributed by atoms with Crippen molar-refractivity contribution in [2.75, 3.05) is 7.11 Å². The van der Waals surface area contributed by atoms with Crippen LogP contribution in [0.5, 0.6) is 0 Å². The Bertz CT molecular complexity index is 435. The van der Waals surface area contributed by atoms with Gasteiger partial charge in [-0.1, -0.05) is 77.6 Å². The second kappa shape index (κ2) is 16.5. The quantitative estimate of drug-likeness (QED) is 0.195. The monoisotopic (exact) mass is 394 g/mol. The molecule has 0 bridgehead atoms. The Morgan fingerprint density at radius 2 is 1.31 bits per heavy atom. The van der Waals surface area contributed by atoms with Crippen LogP contribution in [0.3, 0.4) is 0 Å². The van der Waals surface area contributed by atoms with Crippen molar-refractivity contribution in [3.05, 3.63) is 0 Å². The van der Waals surface area contributed by atoms with Crippen LogP contribution in [0.15, 0.2) is 0 Å². The number of rotatable bonds is 18. The van der Waals surface area contributed by atoms with Crippen molar-refractivity contribution in [2.24, 2.45) is 0 Å². The lowest BCUT2D eigenvalue weighted by Crippen LogP contribution is -2.18. The van der Waals surface area contributed by atoms with Gasteiger partial charge in [-0.25, -0.2) is 4.18 Å². The fourth-order valence-corrected chi connectivity index (χ4v) is 3.55. The van der Waals surface area contributed by atoms with E-state index in [2.05, 4.69) is 11.7 Å². The Morgan fingerprint density at radius 1 is 0.846 bits per heavy atom. The van der Waals surface area contributed by atoms with E-state index < -0.39 is 16.5 Å². The van der Waals surface area contributed by atoms with Crippen LogP contribution >= 0.6 is 0 Å². The molecule has 0 spiro atoms. The molecule has 7 heteroatoms. The lowest BCUT2D eigenvalue weighted by atomic mass is 10.0. The largest absolute Gasteiger partial charge is 0.469 e. The minimum Gasteiger partial charge on any atom is -0.469 e. The number of hydrogen-bond acceptors (Lipinski definition) is 5. The second-order valence-electron chi connectivity index (χ2n) is 6.94. The summed E-state index contributed by atoms with van der Waals surface area (Å²) in [5.74, 6) is -0.162. The summed E-state index contributed by atoms with van der Waals surface area (Å²) in [6.07, 6.45) is 14.0. The Kier molecular flexibility index (Phi) is 16.1. The number of carbonyl (C=O) groups is 1. The van der Waals surface area contributed by atoms with E-state index >= 15 is 0 Å². The zero-order valence-corrected chi connectivity index (χ0v) is 17.4. The standard InChI is InChI=1S/C19H38O6S/c1-3-4-5-6-9-12-15-18(25-26(21,22)23)16-13-10-7-8-11-14-17-19(20)24-2/h18H,3-17H2,1-2H3,(H,21,22,23). The first kappa shape index (κ1) is 25.3. The molecule has 0 saturated carbocycles. The SMILES string of the molecule is CCCCCCCCC(CCCCCCCCC(=O)OC)OS(=O)(=O)O. The molecule has 0 aromatic carbocycles. The molecule has 0 aliphatic carbocycles. The van der Waals surface area contributed by atoms with Crippen molar-refractivity contribution >= 4 is 16.4 Å². The van der Waals surface area contributed by atoms with E-state index in [4.69, 9.17) is 8.74 Å². The van der Waals surface area contributed by atoms with Crippen LogP contribution in [0.1, 0.15) is 103 Å². The molecule has 0 aliphatic heterocycles. The van der Waals surface area contributed by atoms with Gasteiger partial charge in [0.1, 0.15) is 0 Å². The molecule has 0 aromatic rings. The van der Waals surface area contributed by atoms with Crippen LogP contribution < -0.4 is 0 Å². The van der Waals surface area contributed by atoms with E-state index in [1.807, 2.05) is 0 Å². The first-order chi connectivity index (χ1) is 12.4. The van der Waals surface area contributed by atoms with Crippen LogP contribution in [0.25, 0.3) is 0 Å². The number of unbranched alkanes of at least 4 members (excludes halogenated alkanes) is 10. The van der Waals surface area contributed by atoms with Gasteiger partial charge in [0, 0.05) is 6.42 Å². The van der Waals surface area contributed by atoms with Gasteiger partial charge in [-0.3, -0.25) is 9.35 Å². The third-order valence-corrected chi connectivity index (χ3v) is 5.04. The third-order valence-electron chi connectivity index (χ3n) is 4.52. The molecule has 1 N–H and O–H groups in total. The maximum atomic E-state index is 11.0. The fraction of sp³-hybridized carbons (Fsp3) is 0.947. The minimum absolute atomic E-state index is 0.162. The molecule has 1 atom stereocenters. The highest BCUT2D eigenvalue weighted by Crippen LogP contribution is 2.18. The van der Waals surface area contributed by atoms with Gasteiger partial charge in [0.2, 0.25) is 0 Å². The summed E-state index contributed by atoms with van der Waals surface area (Å²) in [6.45, 7) is 2.18. The van der Waals surface area contributed by atoms with E-state index in [1.165, 1.54) is 26.4 Å². The highest BCUT2D eigenvalue weighted by Gasteiger charge is 2.16. The molecule has 26 heavy (non-hydrogen) atoms. The van der Waals surface area contributed by atoms with Gasteiger partial charge in [-0.05, 0) is 19.3 Å². The molecule has 0 saturated heterocycles. The first-order valence-electron chi connectivity index (χ1n) is 10.1. The molecule has 0 radical (unpaired) electrons. The maximum Gasteiger partial charge on any atom is 0.397 e. The van der Waals surface area contributed by atoms with Crippen LogP contribution in [0.4, 0.5) is 0 Å². The van der Waals surface area contributed by atoms with Crippen molar-refractivity contribution in [2.45, 2.75) is 109 Å². The second-order valence-corrected chi connectivity index (χ2v) is 7.99. The number of esters is 1. The predicted molar refractivity (Wildman–Crippen MR) is 103 cm³/mol. The van der Waals surface area contributed by atoms with Crippen molar-refractivity contribution in [1.29, 1.82) is 0 Å². The minimum atomic E-state index is -4.38. The predicted octanol–water partition coefficient (Wildman–Crippen LogP) is 5.22. The van der Waals surface area contributed by atoms with Gasteiger partial charge in [-0.2, -0.15) is 8.42 Å². The van der Waals surface area contributed by atoms with Gasteiger partial charge < -0.3 is 4.74 Å². The summed E-state index contributed by atoms with van der Waals surface area (Å²) in [6, 6.07) is 0. The topological polar surface area (TPSA) is 89.9 Å². The Hall–Kier alpha value is -0.660. The molecule has 0 fully saturated rings. The zero-order valence-electron chi connectivity index (χ0n) is 16.6. The molecule has 0 aliphatic rings. The number of ether oxygens (including phenoxy) is 1. The lowest BCUT2D eigenvalue weighted by molar-refractivity contribution is -0.140. The highest BCUT2D eigenvalue weighted by atomic mass is 32.3. The van der Waals surface area contributed by atoms with Crippen molar-refractivity contribution < 1.29 is 26.7 Å². The van der Waals surface area contributed by atoms with E-state index in [9.17, 15) is 13.2 Å². The summed E-state index contributed by atoms with van der Waals surface area (Å²) >= 11 is 0. The van der Waals surface area contributed by atoms with E-state index in [-0.39, 0.29) is 5.97 Å². The maximum absolute atomic E-state index is 11.0.